The summed E-state index contributed by atoms with van der Waals surface area (Å²) in [5.41, 5.74) is 1.24. The minimum atomic E-state index is -0.598. The summed E-state index contributed by atoms with van der Waals surface area (Å²) in [4.78, 5) is 0. The van der Waals surface area contributed by atoms with E-state index in [0.717, 1.165) is 0 Å². The van der Waals surface area contributed by atoms with Crippen LogP contribution in [0.3, 0.4) is 0 Å². The number of hydrogen-bond acceptors (Lipinski definition) is 1. The van der Waals surface area contributed by atoms with Gasteiger partial charge in [0.05, 0.1) is 12.0 Å². The smallest absolute Gasteiger partial charge is 0.0867 e. The Labute approximate surface area is 52.5 Å². The van der Waals surface area contributed by atoms with Crippen molar-refractivity contribution in [3.05, 3.63) is 11.6 Å². The Kier molecular flexibility index (Phi) is 4.62. The SMILES string of the molecule is OC(/C=C\Cl)CCl. The highest BCUT2D eigenvalue weighted by molar-refractivity contribution is 6.25. The second-order valence-electron chi connectivity index (χ2n) is 1.04. The lowest BCUT2D eigenvalue weighted by Gasteiger charge is -1.92. The Hall–Kier alpha value is 0.280. The van der Waals surface area contributed by atoms with Gasteiger partial charge in [0.1, 0.15) is 0 Å². The monoisotopic (exact) mass is 140 g/mol. The number of alkyl halides is 1. The summed E-state index contributed by atoms with van der Waals surface area (Å²) in [6, 6.07) is 0. The first-order valence-corrected chi connectivity index (χ1v) is 2.79. The third-order valence-electron chi connectivity index (χ3n) is 0.453. The fraction of sp³-hybridized carbons (Fsp3) is 0.500. The van der Waals surface area contributed by atoms with Gasteiger partial charge in [0, 0.05) is 5.54 Å². The lowest BCUT2D eigenvalue weighted by Crippen LogP contribution is -2.01. The lowest BCUT2D eigenvalue weighted by atomic mass is 10.4. The third kappa shape index (κ3) is 4.13. The summed E-state index contributed by atoms with van der Waals surface area (Å²) in [6.07, 6.45) is 0.813. The highest BCUT2D eigenvalue weighted by Gasteiger charge is 1.90. The molecule has 3 heteroatoms. The second-order valence-corrected chi connectivity index (χ2v) is 1.60. The summed E-state index contributed by atoms with van der Waals surface area (Å²) in [5, 5.41) is 8.55. The van der Waals surface area contributed by atoms with Crippen LogP contribution in [0.1, 0.15) is 0 Å². The summed E-state index contributed by atoms with van der Waals surface area (Å²) in [7, 11) is 0. The zero-order valence-electron chi connectivity index (χ0n) is 3.64. The molecule has 0 fully saturated rings. The third-order valence-corrected chi connectivity index (χ3v) is 0.915. The van der Waals surface area contributed by atoms with Gasteiger partial charge in [-0.2, -0.15) is 0 Å². The van der Waals surface area contributed by atoms with Crippen molar-refractivity contribution < 1.29 is 5.11 Å². The van der Waals surface area contributed by atoms with Crippen LogP contribution in [0.5, 0.6) is 0 Å². The van der Waals surface area contributed by atoms with Crippen LogP contribution in [0.15, 0.2) is 11.6 Å². The maximum Gasteiger partial charge on any atom is 0.0867 e. The van der Waals surface area contributed by atoms with E-state index in [9.17, 15) is 0 Å². The quantitative estimate of drug-likeness (QED) is 0.575. The summed E-state index contributed by atoms with van der Waals surface area (Å²) in [6.45, 7) is 0. The summed E-state index contributed by atoms with van der Waals surface area (Å²) >= 11 is 10.2. The second kappa shape index (κ2) is 4.44. The predicted octanol–water partition coefficient (Wildman–Crippen LogP) is 1.34. The number of hydrogen-bond donors (Lipinski definition) is 1. The van der Waals surface area contributed by atoms with Crippen molar-refractivity contribution in [2.75, 3.05) is 5.88 Å². The highest BCUT2D eigenvalue weighted by atomic mass is 35.5. The molecule has 0 aliphatic rings. The molecule has 0 radical (unpaired) electrons. The largest absolute Gasteiger partial charge is 0.388 e. The number of halogens is 2. The molecule has 0 aromatic heterocycles. The first kappa shape index (κ1) is 7.28. The molecule has 0 aliphatic carbocycles. The minimum absolute atomic E-state index is 0.198. The molecule has 0 saturated carbocycles. The topological polar surface area (TPSA) is 20.2 Å². The van der Waals surface area contributed by atoms with Crippen molar-refractivity contribution >= 4 is 23.2 Å². The molecule has 0 spiro atoms. The summed E-state index contributed by atoms with van der Waals surface area (Å²) in [5.74, 6) is 0.198. The van der Waals surface area contributed by atoms with E-state index >= 15 is 0 Å². The van der Waals surface area contributed by atoms with Crippen LogP contribution in [0.25, 0.3) is 0 Å². The van der Waals surface area contributed by atoms with Gasteiger partial charge in [-0.3, -0.25) is 0 Å². The van der Waals surface area contributed by atoms with Gasteiger partial charge >= 0.3 is 0 Å². The highest BCUT2D eigenvalue weighted by Crippen LogP contribution is 1.89. The van der Waals surface area contributed by atoms with Gasteiger partial charge in [0.2, 0.25) is 0 Å². The molecular formula is C4H6Cl2O. The van der Waals surface area contributed by atoms with Crippen LogP contribution in [-0.2, 0) is 0 Å². The average molecular weight is 141 g/mol. The maximum atomic E-state index is 8.55. The van der Waals surface area contributed by atoms with Crippen molar-refractivity contribution in [1.82, 2.24) is 0 Å². The Balaban J connectivity index is 3.16. The number of aliphatic hydroxyl groups is 1. The molecule has 0 amide bonds. The zero-order valence-corrected chi connectivity index (χ0v) is 5.15. The molecule has 0 saturated heterocycles. The van der Waals surface area contributed by atoms with E-state index in [1.807, 2.05) is 0 Å². The van der Waals surface area contributed by atoms with Crippen LogP contribution >= 0.6 is 23.2 Å². The van der Waals surface area contributed by atoms with Crippen LogP contribution in [0.2, 0.25) is 0 Å². The van der Waals surface area contributed by atoms with Gasteiger partial charge in [-0.25, -0.2) is 0 Å². The normalized spacial score (nSPS) is 15.3. The van der Waals surface area contributed by atoms with Crippen LogP contribution in [0, 0.1) is 0 Å². The maximum absolute atomic E-state index is 8.55. The van der Waals surface area contributed by atoms with E-state index in [0.29, 0.717) is 0 Å². The number of rotatable bonds is 2. The van der Waals surface area contributed by atoms with Crippen molar-refractivity contribution in [2.45, 2.75) is 6.10 Å². The standard InChI is InChI=1S/C4H6Cl2O/c5-2-1-4(7)3-6/h1-2,4,7H,3H2/b2-1-. The van der Waals surface area contributed by atoms with Gasteiger partial charge in [-0.05, 0) is 6.08 Å². The van der Waals surface area contributed by atoms with Crippen molar-refractivity contribution in [1.29, 1.82) is 0 Å². The lowest BCUT2D eigenvalue weighted by molar-refractivity contribution is 0.247. The van der Waals surface area contributed by atoms with Gasteiger partial charge in [-0.1, -0.05) is 11.6 Å². The molecule has 1 unspecified atom stereocenters. The Bertz CT molecular complexity index is 62.7. The van der Waals surface area contributed by atoms with E-state index in [1.54, 1.807) is 0 Å². The Morgan fingerprint density at radius 3 is 2.43 bits per heavy atom. The van der Waals surface area contributed by atoms with Gasteiger partial charge in [0.15, 0.2) is 0 Å². The molecule has 1 atom stereocenters. The summed E-state index contributed by atoms with van der Waals surface area (Å²) < 4.78 is 0. The molecule has 1 nitrogen and oxygen atoms in total. The van der Waals surface area contributed by atoms with E-state index in [4.69, 9.17) is 28.3 Å². The van der Waals surface area contributed by atoms with Crippen molar-refractivity contribution in [3.8, 4) is 0 Å². The van der Waals surface area contributed by atoms with Gasteiger partial charge in [-0.15, -0.1) is 11.6 Å². The van der Waals surface area contributed by atoms with Crippen LogP contribution < -0.4 is 0 Å². The van der Waals surface area contributed by atoms with Gasteiger partial charge < -0.3 is 5.11 Å². The first-order valence-electron chi connectivity index (χ1n) is 1.82. The molecule has 0 bridgehead atoms. The Morgan fingerprint density at radius 2 is 2.29 bits per heavy atom. The molecule has 0 heterocycles. The predicted molar refractivity (Wildman–Crippen MR) is 31.7 cm³/mol. The van der Waals surface area contributed by atoms with Crippen LogP contribution in [-0.4, -0.2) is 17.1 Å². The fourth-order valence-corrected chi connectivity index (χ4v) is 0.406. The molecule has 0 aliphatic heterocycles. The fourth-order valence-electron chi connectivity index (χ4n) is 0.135. The van der Waals surface area contributed by atoms with Crippen molar-refractivity contribution in [2.24, 2.45) is 0 Å². The zero-order chi connectivity index (χ0) is 5.70. The van der Waals surface area contributed by atoms with Crippen LogP contribution in [0.4, 0.5) is 0 Å². The molecular weight excluding hydrogens is 135 g/mol. The minimum Gasteiger partial charge on any atom is -0.388 e. The van der Waals surface area contributed by atoms with Gasteiger partial charge in [0.25, 0.3) is 0 Å². The average Bonchev–Trinajstić information content (AvgIpc) is 1.68. The molecule has 1 N–H and O–H groups in total. The molecule has 0 aromatic rings. The number of aliphatic hydroxyl groups excluding tert-OH is 1. The molecule has 42 valence electrons. The first-order chi connectivity index (χ1) is 3.31. The molecule has 7 heavy (non-hydrogen) atoms. The van der Waals surface area contributed by atoms with E-state index < -0.39 is 6.10 Å². The molecule has 0 rings (SSSR count). The van der Waals surface area contributed by atoms with E-state index in [1.165, 1.54) is 11.6 Å². The van der Waals surface area contributed by atoms with Crippen molar-refractivity contribution in [3.63, 3.8) is 0 Å². The molecule has 0 aromatic carbocycles. The van der Waals surface area contributed by atoms with E-state index in [2.05, 4.69) is 0 Å². The Morgan fingerprint density at radius 1 is 1.71 bits per heavy atom. The van der Waals surface area contributed by atoms with E-state index in [-0.39, 0.29) is 5.88 Å².